The molecule has 3 heteroatoms. The van der Waals surface area contributed by atoms with Crippen molar-refractivity contribution in [3.63, 3.8) is 0 Å². The van der Waals surface area contributed by atoms with E-state index in [0.29, 0.717) is 14.3 Å². The quantitative estimate of drug-likeness (QED) is 0.383. The zero-order valence-electron chi connectivity index (χ0n) is 17.7. The lowest BCUT2D eigenvalue weighted by molar-refractivity contribution is 0.451. The molecule has 0 saturated heterocycles. The van der Waals surface area contributed by atoms with Gasteiger partial charge in [-0.05, 0) is 40.9 Å². The fourth-order valence-corrected chi connectivity index (χ4v) is 5.36. The van der Waals surface area contributed by atoms with Crippen LogP contribution in [-0.2, 0) is 11.6 Å². The van der Waals surface area contributed by atoms with Gasteiger partial charge in [0.2, 0.25) is 0 Å². The summed E-state index contributed by atoms with van der Waals surface area (Å²) < 4.78 is 0. The number of aromatic hydroxyl groups is 1. The van der Waals surface area contributed by atoms with E-state index >= 15 is 0 Å². The van der Waals surface area contributed by atoms with Crippen molar-refractivity contribution in [2.24, 2.45) is 4.99 Å². The maximum Gasteiger partial charge on any atom is 0.123 e. The van der Waals surface area contributed by atoms with E-state index in [0.717, 1.165) is 24.0 Å². The Bertz CT molecular complexity index is 997. The van der Waals surface area contributed by atoms with Crippen molar-refractivity contribution in [2.75, 3.05) is 7.05 Å². The van der Waals surface area contributed by atoms with E-state index < -0.39 is 0 Å². The Morgan fingerprint density at radius 3 is 2.41 bits per heavy atom. The van der Waals surface area contributed by atoms with Gasteiger partial charge < -0.3 is 5.11 Å². The molecule has 0 heterocycles. The van der Waals surface area contributed by atoms with Crippen molar-refractivity contribution in [3.05, 3.63) is 94.5 Å². The van der Waals surface area contributed by atoms with Crippen LogP contribution in [0.1, 0.15) is 48.1 Å². The molecule has 2 unspecified atom stereocenters. The van der Waals surface area contributed by atoms with Gasteiger partial charge in [-0.25, -0.2) is 0 Å². The molecule has 29 heavy (non-hydrogen) atoms. The number of hydrogen-bond acceptors (Lipinski definition) is 2. The maximum atomic E-state index is 11.2. The van der Waals surface area contributed by atoms with Gasteiger partial charge in [-0.15, -0.1) is 0 Å². The molecule has 3 aromatic rings. The number of para-hydroxylation sites is 1. The van der Waals surface area contributed by atoms with Crippen LogP contribution in [0.25, 0.3) is 0 Å². The molecule has 0 aromatic heterocycles. The highest BCUT2D eigenvalue weighted by molar-refractivity contribution is 7.49. The van der Waals surface area contributed by atoms with E-state index in [1.165, 1.54) is 22.0 Å². The van der Waals surface area contributed by atoms with Crippen LogP contribution in [0, 0.1) is 6.92 Å². The number of phenols is 1. The molecular formula is C26H30NOP. The Kier molecular flexibility index (Phi) is 6.87. The summed E-state index contributed by atoms with van der Waals surface area (Å²) in [5.41, 5.74) is 5.68. The summed E-state index contributed by atoms with van der Waals surface area (Å²) in [6.07, 6.45) is 3.63. The number of nitrogens with zero attached hydrogens (tertiary/aromatic N) is 1. The van der Waals surface area contributed by atoms with Crippen molar-refractivity contribution in [3.8, 4) is 5.75 Å². The summed E-state index contributed by atoms with van der Waals surface area (Å²) in [6, 6.07) is 22.9. The third-order valence-corrected chi connectivity index (χ3v) is 7.74. The van der Waals surface area contributed by atoms with E-state index in [-0.39, 0.29) is 5.16 Å². The van der Waals surface area contributed by atoms with Crippen LogP contribution in [0.5, 0.6) is 5.75 Å². The molecule has 0 aliphatic rings. The van der Waals surface area contributed by atoms with Crippen LogP contribution in [0.4, 0.5) is 0 Å². The topological polar surface area (TPSA) is 32.6 Å². The third-order valence-electron chi connectivity index (χ3n) is 5.63. The van der Waals surface area contributed by atoms with Crippen LogP contribution in [0.2, 0.25) is 0 Å². The maximum absolute atomic E-state index is 11.2. The Labute approximate surface area is 176 Å². The van der Waals surface area contributed by atoms with Gasteiger partial charge in [0.15, 0.2) is 0 Å². The monoisotopic (exact) mass is 403 g/mol. The molecule has 0 amide bonds. The van der Waals surface area contributed by atoms with E-state index in [4.69, 9.17) is 0 Å². The molecule has 0 spiro atoms. The van der Waals surface area contributed by atoms with Gasteiger partial charge in [-0.1, -0.05) is 89.2 Å². The number of rotatable bonds is 7. The summed E-state index contributed by atoms with van der Waals surface area (Å²) in [4.78, 5) is 4.24. The van der Waals surface area contributed by atoms with Crippen LogP contribution >= 0.6 is 8.58 Å². The fourth-order valence-electron chi connectivity index (χ4n) is 3.72. The molecule has 0 aliphatic heterocycles. The van der Waals surface area contributed by atoms with Crippen LogP contribution < -0.4 is 5.30 Å². The van der Waals surface area contributed by atoms with Gasteiger partial charge in [0, 0.05) is 30.4 Å². The smallest absolute Gasteiger partial charge is 0.123 e. The van der Waals surface area contributed by atoms with Crippen LogP contribution in [0.3, 0.4) is 0 Å². The first-order valence-electron chi connectivity index (χ1n) is 10.1. The first-order valence-corrected chi connectivity index (χ1v) is 11.1. The van der Waals surface area contributed by atoms with E-state index in [2.05, 4.69) is 68.2 Å². The molecule has 1 N–H and O–H groups in total. The molecule has 0 aliphatic carbocycles. The zero-order valence-corrected chi connectivity index (χ0v) is 18.7. The summed E-state index contributed by atoms with van der Waals surface area (Å²) >= 11 is 0. The Balaban J connectivity index is 2.01. The SMILES string of the molecule is CCC(C)(Pc1c(C)cccc1C=NC)c1cccc(Cc2ccccc2)c1O. The van der Waals surface area contributed by atoms with Crippen LogP contribution in [-0.4, -0.2) is 18.4 Å². The van der Waals surface area contributed by atoms with Crippen molar-refractivity contribution >= 4 is 20.1 Å². The summed E-state index contributed by atoms with van der Waals surface area (Å²) in [7, 11) is 2.36. The number of aryl methyl sites for hydroxylation is 1. The molecule has 0 saturated carbocycles. The lowest BCUT2D eigenvalue weighted by atomic mass is 9.92. The second kappa shape index (κ2) is 9.37. The normalized spacial score (nSPS) is 13.9. The minimum absolute atomic E-state index is 0.140. The molecule has 2 nitrogen and oxygen atoms in total. The highest BCUT2D eigenvalue weighted by atomic mass is 31.1. The van der Waals surface area contributed by atoms with E-state index in [1.54, 1.807) is 0 Å². The number of aliphatic imine (C=N–C) groups is 1. The third kappa shape index (κ3) is 4.77. The molecule has 3 aromatic carbocycles. The van der Waals surface area contributed by atoms with Crippen molar-refractivity contribution in [1.29, 1.82) is 0 Å². The number of phenolic OH excluding ortho intramolecular Hbond substituents is 1. The van der Waals surface area contributed by atoms with Gasteiger partial charge in [0.05, 0.1) is 0 Å². The minimum atomic E-state index is -0.140. The second-order valence-corrected chi connectivity index (χ2v) is 9.57. The lowest BCUT2D eigenvalue weighted by Gasteiger charge is -2.32. The Morgan fingerprint density at radius 2 is 1.72 bits per heavy atom. The molecule has 0 bridgehead atoms. The second-order valence-electron chi connectivity index (χ2n) is 7.71. The number of benzene rings is 3. The summed E-state index contributed by atoms with van der Waals surface area (Å²) in [5.74, 6) is 0.437. The largest absolute Gasteiger partial charge is 0.507 e. The molecule has 3 rings (SSSR count). The predicted molar refractivity (Wildman–Crippen MR) is 128 cm³/mol. The molecule has 2 atom stereocenters. The van der Waals surface area contributed by atoms with Crippen molar-refractivity contribution < 1.29 is 5.11 Å². The Morgan fingerprint density at radius 1 is 1.00 bits per heavy atom. The van der Waals surface area contributed by atoms with Gasteiger partial charge in [-0.3, -0.25) is 4.99 Å². The fraction of sp³-hybridized carbons (Fsp3) is 0.269. The van der Waals surface area contributed by atoms with E-state index in [9.17, 15) is 5.11 Å². The molecule has 0 fully saturated rings. The predicted octanol–water partition coefficient (Wildman–Crippen LogP) is 5.97. The van der Waals surface area contributed by atoms with Gasteiger partial charge in [-0.2, -0.15) is 0 Å². The van der Waals surface area contributed by atoms with E-state index in [1.807, 2.05) is 37.5 Å². The van der Waals surface area contributed by atoms with Gasteiger partial charge in [0.1, 0.15) is 5.75 Å². The van der Waals surface area contributed by atoms with Crippen molar-refractivity contribution in [2.45, 2.75) is 38.8 Å². The number of hydrogen-bond donors (Lipinski definition) is 1. The molecule has 0 radical (unpaired) electrons. The Hall–Kier alpha value is -2.44. The van der Waals surface area contributed by atoms with Crippen LogP contribution in [0.15, 0.2) is 71.7 Å². The first-order chi connectivity index (χ1) is 14.0. The standard InChI is InChI=1S/C26H30NOP/c1-5-26(3,29-25-19(2)11-9-15-22(25)18-27-4)23-16-10-14-21(24(23)28)17-20-12-7-6-8-13-20/h6-16,18,28-29H,5,17H2,1-4H3. The average molecular weight is 404 g/mol. The lowest BCUT2D eigenvalue weighted by Crippen LogP contribution is -2.22. The summed E-state index contributed by atoms with van der Waals surface area (Å²) in [6.45, 7) is 6.64. The molecular weight excluding hydrogens is 373 g/mol. The highest BCUT2D eigenvalue weighted by Gasteiger charge is 2.30. The van der Waals surface area contributed by atoms with Gasteiger partial charge in [0.25, 0.3) is 0 Å². The molecule has 150 valence electrons. The summed E-state index contributed by atoms with van der Waals surface area (Å²) in [5, 5.41) is 12.4. The van der Waals surface area contributed by atoms with Gasteiger partial charge >= 0.3 is 0 Å². The minimum Gasteiger partial charge on any atom is -0.507 e. The highest BCUT2D eigenvalue weighted by Crippen LogP contribution is 2.48. The van der Waals surface area contributed by atoms with Crippen molar-refractivity contribution in [1.82, 2.24) is 0 Å². The first kappa shape index (κ1) is 21.3. The average Bonchev–Trinajstić information content (AvgIpc) is 2.73. The zero-order chi connectivity index (χ0) is 20.9.